The summed E-state index contributed by atoms with van der Waals surface area (Å²) in [6, 6.07) is 14.4. The highest BCUT2D eigenvalue weighted by molar-refractivity contribution is 5.94. The molecule has 0 bridgehead atoms. The molecule has 8 heteroatoms. The van der Waals surface area contributed by atoms with E-state index in [1.165, 1.54) is 6.33 Å². The highest BCUT2D eigenvalue weighted by Crippen LogP contribution is 2.23. The van der Waals surface area contributed by atoms with Crippen LogP contribution in [0.15, 0.2) is 61.2 Å². The SMILES string of the molecule is CC(NC(=O)c1ccc(-n2cncn2)cc1)c1cccc(N2CCOC2=O)c1. The van der Waals surface area contributed by atoms with E-state index in [1.807, 2.05) is 43.3 Å². The second kappa shape index (κ2) is 7.51. The molecule has 1 saturated heterocycles. The number of nitrogens with one attached hydrogen (secondary N) is 1. The number of cyclic esters (lactones) is 1. The third kappa shape index (κ3) is 3.57. The molecule has 28 heavy (non-hydrogen) atoms. The summed E-state index contributed by atoms with van der Waals surface area (Å²) < 4.78 is 6.61. The van der Waals surface area contributed by atoms with Crippen LogP contribution in [0.1, 0.15) is 28.9 Å². The van der Waals surface area contributed by atoms with Gasteiger partial charge >= 0.3 is 6.09 Å². The predicted octanol–water partition coefficient (Wildman–Crippen LogP) is 2.71. The Bertz CT molecular complexity index is 985. The number of ether oxygens (including phenoxy) is 1. The summed E-state index contributed by atoms with van der Waals surface area (Å²) in [7, 11) is 0. The fourth-order valence-electron chi connectivity index (χ4n) is 3.06. The molecule has 0 spiro atoms. The number of benzene rings is 2. The van der Waals surface area contributed by atoms with Gasteiger partial charge in [0.1, 0.15) is 19.3 Å². The lowest BCUT2D eigenvalue weighted by molar-refractivity contribution is 0.0940. The summed E-state index contributed by atoms with van der Waals surface area (Å²) in [6.07, 6.45) is 2.71. The summed E-state index contributed by atoms with van der Waals surface area (Å²) in [5.41, 5.74) is 3.05. The predicted molar refractivity (Wildman–Crippen MR) is 102 cm³/mol. The summed E-state index contributed by atoms with van der Waals surface area (Å²) >= 11 is 0. The molecule has 1 atom stereocenters. The molecule has 142 valence electrons. The van der Waals surface area contributed by atoms with Gasteiger partial charge in [-0.2, -0.15) is 5.10 Å². The van der Waals surface area contributed by atoms with Crippen LogP contribution in [0.25, 0.3) is 5.69 Å². The fraction of sp³-hybridized carbons (Fsp3) is 0.200. The average Bonchev–Trinajstić information content (AvgIpc) is 3.40. The highest BCUT2D eigenvalue weighted by atomic mass is 16.6. The van der Waals surface area contributed by atoms with E-state index in [-0.39, 0.29) is 18.0 Å². The molecule has 1 aliphatic rings. The molecule has 0 radical (unpaired) electrons. The smallest absolute Gasteiger partial charge is 0.414 e. The van der Waals surface area contributed by atoms with Crippen LogP contribution in [0.5, 0.6) is 0 Å². The van der Waals surface area contributed by atoms with Gasteiger partial charge in [0, 0.05) is 11.3 Å². The van der Waals surface area contributed by atoms with Crippen LogP contribution in [-0.4, -0.2) is 39.9 Å². The largest absolute Gasteiger partial charge is 0.447 e. The Hall–Kier alpha value is -3.68. The minimum absolute atomic E-state index is 0.177. The van der Waals surface area contributed by atoms with Crippen molar-refractivity contribution in [3.8, 4) is 5.69 Å². The van der Waals surface area contributed by atoms with Gasteiger partial charge in [-0.25, -0.2) is 14.5 Å². The van der Waals surface area contributed by atoms with E-state index in [4.69, 9.17) is 4.74 Å². The topological polar surface area (TPSA) is 89.3 Å². The van der Waals surface area contributed by atoms with Crippen LogP contribution < -0.4 is 10.2 Å². The molecular formula is C20H19N5O3. The highest BCUT2D eigenvalue weighted by Gasteiger charge is 2.24. The van der Waals surface area contributed by atoms with E-state index in [9.17, 15) is 9.59 Å². The molecule has 4 rings (SSSR count). The number of hydrogen-bond donors (Lipinski definition) is 1. The quantitative estimate of drug-likeness (QED) is 0.738. The Kier molecular flexibility index (Phi) is 4.76. The molecule has 1 aliphatic heterocycles. The van der Waals surface area contributed by atoms with Gasteiger partial charge in [0.25, 0.3) is 5.91 Å². The monoisotopic (exact) mass is 377 g/mol. The van der Waals surface area contributed by atoms with Crippen molar-refractivity contribution in [2.24, 2.45) is 0 Å². The van der Waals surface area contributed by atoms with Crippen LogP contribution in [0.3, 0.4) is 0 Å². The molecular weight excluding hydrogens is 358 g/mol. The maximum Gasteiger partial charge on any atom is 0.414 e. The van der Waals surface area contributed by atoms with Crippen LogP contribution >= 0.6 is 0 Å². The minimum Gasteiger partial charge on any atom is -0.447 e. The van der Waals surface area contributed by atoms with E-state index in [0.29, 0.717) is 18.7 Å². The number of carbonyl (C=O) groups is 2. The Morgan fingerprint density at radius 2 is 2.00 bits per heavy atom. The van der Waals surface area contributed by atoms with E-state index in [2.05, 4.69) is 15.4 Å². The third-order valence-corrected chi connectivity index (χ3v) is 4.60. The number of rotatable bonds is 5. The minimum atomic E-state index is -0.346. The van der Waals surface area contributed by atoms with E-state index in [1.54, 1.807) is 28.0 Å². The van der Waals surface area contributed by atoms with E-state index in [0.717, 1.165) is 16.9 Å². The summed E-state index contributed by atoms with van der Waals surface area (Å²) in [5.74, 6) is -0.177. The van der Waals surface area contributed by atoms with Crippen molar-refractivity contribution in [3.05, 3.63) is 72.3 Å². The van der Waals surface area contributed by atoms with Crippen molar-refractivity contribution in [2.75, 3.05) is 18.1 Å². The second-order valence-corrected chi connectivity index (χ2v) is 6.44. The molecule has 2 heterocycles. The Labute approximate surface area is 161 Å². The van der Waals surface area contributed by atoms with E-state index >= 15 is 0 Å². The van der Waals surface area contributed by atoms with Crippen LogP contribution in [0, 0.1) is 0 Å². The molecule has 1 N–H and O–H groups in total. The van der Waals surface area contributed by atoms with Gasteiger partial charge < -0.3 is 10.1 Å². The first kappa shape index (κ1) is 17.7. The first-order chi connectivity index (χ1) is 13.6. The molecule has 3 aromatic rings. The summed E-state index contributed by atoms with van der Waals surface area (Å²) in [5, 5.41) is 7.05. The zero-order chi connectivity index (χ0) is 19.5. The molecule has 0 aliphatic carbocycles. The van der Waals surface area contributed by atoms with Crippen LogP contribution in [0.4, 0.5) is 10.5 Å². The first-order valence-electron chi connectivity index (χ1n) is 8.92. The maximum absolute atomic E-state index is 12.6. The number of carbonyl (C=O) groups excluding carboxylic acids is 2. The number of nitrogens with zero attached hydrogens (tertiary/aromatic N) is 4. The molecule has 2 amide bonds. The lowest BCUT2D eigenvalue weighted by Gasteiger charge is -2.18. The number of hydrogen-bond acceptors (Lipinski definition) is 5. The van der Waals surface area contributed by atoms with Crippen molar-refractivity contribution in [2.45, 2.75) is 13.0 Å². The van der Waals surface area contributed by atoms with Crippen LogP contribution in [-0.2, 0) is 4.74 Å². The van der Waals surface area contributed by atoms with Crippen molar-refractivity contribution in [3.63, 3.8) is 0 Å². The van der Waals surface area contributed by atoms with Gasteiger partial charge in [-0.05, 0) is 48.9 Å². The van der Waals surface area contributed by atoms with Gasteiger partial charge in [-0.1, -0.05) is 12.1 Å². The van der Waals surface area contributed by atoms with E-state index < -0.39 is 0 Å². The average molecular weight is 377 g/mol. The Morgan fingerprint density at radius 3 is 2.68 bits per heavy atom. The lowest BCUT2D eigenvalue weighted by Crippen LogP contribution is -2.27. The Balaban J connectivity index is 1.45. The normalized spacial score (nSPS) is 14.6. The molecule has 8 nitrogen and oxygen atoms in total. The maximum atomic E-state index is 12.6. The van der Waals surface area contributed by atoms with Gasteiger partial charge in [0.15, 0.2) is 0 Å². The van der Waals surface area contributed by atoms with Gasteiger partial charge in [0.05, 0.1) is 18.3 Å². The van der Waals surface area contributed by atoms with Gasteiger partial charge in [-0.15, -0.1) is 0 Å². The molecule has 1 fully saturated rings. The van der Waals surface area contributed by atoms with Crippen molar-refractivity contribution in [1.82, 2.24) is 20.1 Å². The zero-order valence-corrected chi connectivity index (χ0v) is 15.3. The molecule has 1 unspecified atom stereocenters. The van der Waals surface area contributed by atoms with Gasteiger partial charge in [-0.3, -0.25) is 9.69 Å². The second-order valence-electron chi connectivity index (χ2n) is 6.44. The Morgan fingerprint density at radius 1 is 1.18 bits per heavy atom. The summed E-state index contributed by atoms with van der Waals surface area (Å²) in [4.78, 5) is 29.8. The number of anilines is 1. The number of aromatic nitrogens is 3. The fourth-order valence-corrected chi connectivity index (χ4v) is 3.06. The lowest BCUT2D eigenvalue weighted by atomic mass is 10.1. The van der Waals surface area contributed by atoms with Crippen molar-refractivity contribution in [1.29, 1.82) is 0 Å². The van der Waals surface area contributed by atoms with Crippen molar-refractivity contribution < 1.29 is 14.3 Å². The van der Waals surface area contributed by atoms with Gasteiger partial charge in [0.2, 0.25) is 0 Å². The zero-order valence-electron chi connectivity index (χ0n) is 15.3. The standard InChI is InChI=1S/C20H19N5O3/c1-14(16-3-2-4-18(11-16)24-9-10-28-20(24)27)23-19(26)15-5-7-17(8-6-15)25-13-21-12-22-25/h2-8,11-14H,9-10H2,1H3,(H,23,26). The van der Waals surface area contributed by atoms with Crippen LogP contribution in [0.2, 0.25) is 0 Å². The molecule has 1 aromatic heterocycles. The molecule has 2 aromatic carbocycles. The molecule has 0 saturated carbocycles. The summed E-state index contributed by atoms with van der Waals surface area (Å²) in [6.45, 7) is 2.82. The third-order valence-electron chi connectivity index (χ3n) is 4.60. The number of amides is 2. The first-order valence-corrected chi connectivity index (χ1v) is 8.92. The van der Waals surface area contributed by atoms with Crippen molar-refractivity contribution >= 4 is 17.7 Å².